The monoisotopic (exact) mass is 270 g/mol. The van der Waals surface area contributed by atoms with Gasteiger partial charge in [-0.1, -0.05) is 11.6 Å². The first-order valence-electron chi connectivity index (χ1n) is 5.81. The molecule has 1 aromatic carbocycles. The molecular formula is C13H15ClO4. The predicted molar refractivity (Wildman–Crippen MR) is 67.6 cm³/mol. The van der Waals surface area contributed by atoms with Crippen molar-refractivity contribution in [1.29, 1.82) is 0 Å². The highest BCUT2D eigenvalue weighted by Gasteiger charge is 2.24. The fourth-order valence-corrected chi connectivity index (χ4v) is 1.92. The second-order valence-corrected chi connectivity index (χ2v) is 4.79. The van der Waals surface area contributed by atoms with Crippen LogP contribution in [0.3, 0.4) is 0 Å². The first-order valence-corrected chi connectivity index (χ1v) is 6.19. The number of carbonyl (C=O) groups is 1. The van der Waals surface area contributed by atoms with E-state index in [1.807, 2.05) is 0 Å². The van der Waals surface area contributed by atoms with E-state index in [1.165, 1.54) is 7.11 Å². The molecule has 0 atom stereocenters. The van der Waals surface area contributed by atoms with E-state index in [9.17, 15) is 4.79 Å². The van der Waals surface area contributed by atoms with Gasteiger partial charge in [0.25, 0.3) is 0 Å². The zero-order valence-electron chi connectivity index (χ0n) is 10.1. The molecule has 0 saturated heterocycles. The van der Waals surface area contributed by atoms with E-state index in [2.05, 4.69) is 0 Å². The van der Waals surface area contributed by atoms with Gasteiger partial charge >= 0.3 is 5.97 Å². The van der Waals surface area contributed by atoms with Crippen LogP contribution in [0.25, 0.3) is 0 Å². The van der Waals surface area contributed by atoms with Gasteiger partial charge in [0.2, 0.25) is 0 Å². The molecule has 0 spiro atoms. The zero-order chi connectivity index (χ0) is 13.1. The Morgan fingerprint density at radius 3 is 2.78 bits per heavy atom. The largest absolute Gasteiger partial charge is 0.493 e. The maximum Gasteiger partial charge on any atom is 0.308 e. The lowest BCUT2D eigenvalue weighted by Crippen LogP contribution is -2.08. The summed E-state index contributed by atoms with van der Waals surface area (Å²) in [5.74, 6) is 0.614. The fraction of sp³-hybridized carbons (Fsp3) is 0.462. The van der Waals surface area contributed by atoms with Crippen LogP contribution >= 0.6 is 11.6 Å². The fourth-order valence-electron chi connectivity index (χ4n) is 1.70. The van der Waals surface area contributed by atoms with Crippen molar-refractivity contribution in [2.75, 3.05) is 13.7 Å². The summed E-state index contributed by atoms with van der Waals surface area (Å²) in [7, 11) is 1.53. The standard InChI is InChI=1S/C13H15ClO4/c1-17-11-5-4-10(14)9(6-12(15)16)13(11)18-7-8-2-3-8/h4-5,8H,2-3,6-7H2,1H3,(H,15,16). The van der Waals surface area contributed by atoms with Gasteiger partial charge in [-0.3, -0.25) is 4.79 Å². The summed E-state index contributed by atoms with van der Waals surface area (Å²) >= 11 is 6.03. The summed E-state index contributed by atoms with van der Waals surface area (Å²) in [6.07, 6.45) is 2.16. The van der Waals surface area contributed by atoms with E-state index in [1.54, 1.807) is 12.1 Å². The number of rotatable bonds is 6. The van der Waals surface area contributed by atoms with E-state index in [0.29, 0.717) is 34.6 Å². The van der Waals surface area contributed by atoms with Gasteiger partial charge in [0.1, 0.15) is 0 Å². The minimum Gasteiger partial charge on any atom is -0.493 e. The van der Waals surface area contributed by atoms with Crippen molar-refractivity contribution >= 4 is 17.6 Å². The Morgan fingerprint density at radius 2 is 2.22 bits per heavy atom. The van der Waals surface area contributed by atoms with Crippen LogP contribution in [0, 0.1) is 5.92 Å². The summed E-state index contributed by atoms with van der Waals surface area (Å²) < 4.78 is 10.9. The Morgan fingerprint density at radius 1 is 1.50 bits per heavy atom. The molecule has 1 fully saturated rings. The molecule has 0 aliphatic heterocycles. The van der Waals surface area contributed by atoms with Crippen molar-refractivity contribution in [2.45, 2.75) is 19.3 Å². The van der Waals surface area contributed by atoms with Crippen LogP contribution < -0.4 is 9.47 Å². The maximum absolute atomic E-state index is 10.9. The van der Waals surface area contributed by atoms with Crippen molar-refractivity contribution in [3.8, 4) is 11.5 Å². The molecule has 1 aliphatic rings. The van der Waals surface area contributed by atoms with Gasteiger partial charge in [-0.2, -0.15) is 0 Å². The van der Waals surface area contributed by atoms with E-state index in [0.717, 1.165) is 12.8 Å². The number of hydrogen-bond donors (Lipinski definition) is 1. The molecule has 18 heavy (non-hydrogen) atoms. The Hall–Kier alpha value is -1.42. The molecular weight excluding hydrogens is 256 g/mol. The average Bonchev–Trinajstić information content (AvgIpc) is 3.13. The topological polar surface area (TPSA) is 55.8 Å². The summed E-state index contributed by atoms with van der Waals surface area (Å²) in [6, 6.07) is 3.32. The van der Waals surface area contributed by atoms with Gasteiger partial charge in [0, 0.05) is 10.6 Å². The highest BCUT2D eigenvalue weighted by Crippen LogP contribution is 2.38. The molecule has 4 nitrogen and oxygen atoms in total. The van der Waals surface area contributed by atoms with Crippen LogP contribution in [0.15, 0.2) is 12.1 Å². The van der Waals surface area contributed by atoms with Crippen molar-refractivity contribution in [2.24, 2.45) is 5.92 Å². The van der Waals surface area contributed by atoms with Gasteiger partial charge in [-0.25, -0.2) is 0 Å². The quantitative estimate of drug-likeness (QED) is 0.864. The molecule has 0 unspecified atom stereocenters. The first-order chi connectivity index (χ1) is 8.61. The Labute approximate surface area is 110 Å². The third kappa shape index (κ3) is 3.07. The number of carboxylic acid groups (broad SMARTS) is 1. The summed E-state index contributed by atoms with van der Waals surface area (Å²) in [6.45, 7) is 0.587. The average molecular weight is 271 g/mol. The Kier molecular flexibility index (Phi) is 3.97. The van der Waals surface area contributed by atoms with Gasteiger partial charge in [0.05, 0.1) is 20.1 Å². The van der Waals surface area contributed by atoms with Crippen molar-refractivity contribution in [3.63, 3.8) is 0 Å². The maximum atomic E-state index is 10.9. The predicted octanol–water partition coefficient (Wildman–Crippen LogP) is 2.76. The summed E-state index contributed by atoms with van der Waals surface area (Å²) in [5.41, 5.74) is 0.476. The number of aliphatic carboxylic acids is 1. The molecule has 5 heteroatoms. The molecule has 1 N–H and O–H groups in total. The molecule has 2 rings (SSSR count). The Bertz CT molecular complexity index is 455. The number of halogens is 1. The van der Waals surface area contributed by atoms with Crippen LogP contribution in [-0.4, -0.2) is 24.8 Å². The highest BCUT2D eigenvalue weighted by atomic mass is 35.5. The van der Waals surface area contributed by atoms with Gasteiger partial charge in [-0.05, 0) is 30.9 Å². The molecule has 0 heterocycles. The first kappa shape index (κ1) is 13.0. The lowest BCUT2D eigenvalue weighted by Gasteiger charge is -2.15. The summed E-state index contributed by atoms with van der Waals surface area (Å²) in [4.78, 5) is 10.9. The summed E-state index contributed by atoms with van der Waals surface area (Å²) in [5, 5.41) is 9.31. The third-order valence-electron chi connectivity index (χ3n) is 2.88. The SMILES string of the molecule is COc1ccc(Cl)c(CC(=O)O)c1OCC1CC1. The highest BCUT2D eigenvalue weighted by molar-refractivity contribution is 6.31. The molecule has 1 saturated carbocycles. The smallest absolute Gasteiger partial charge is 0.308 e. The van der Waals surface area contributed by atoms with Crippen molar-refractivity contribution in [1.82, 2.24) is 0 Å². The molecule has 0 aromatic heterocycles. The normalized spacial score (nSPS) is 14.3. The van der Waals surface area contributed by atoms with E-state index in [-0.39, 0.29) is 6.42 Å². The minimum absolute atomic E-state index is 0.171. The van der Waals surface area contributed by atoms with Crippen LogP contribution in [0.2, 0.25) is 5.02 Å². The van der Waals surface area contributed by atoms with E-state index >= 15 is 0 Å². The van der Waals surface area contributed by atoms with Crippen LogP contribution in [0.4, 0.5) is 0 Å². The number of hydrogen-bond acceptors (Lipinski definition) is 3. The second-order valence-electron chi connectivity index (χ2n) is 4.38. The lowest BCUT2D eigenvalue weighted by molar-refractivity contribution is -0.136. The molecule has 0 bridgehead atoms. The molecule has 0 radical (unpaired) electrons. The van der Waals surface area contributed by atoms with E-state index in [4.69, 9.17) is 26.2 Å². The minimum atomic E-state index is -0.943. The number of ether oxygens (including phenoxy) is 2. The molecule has 1 aromatic rings. The van der Waals surface area contributed by atoms with Crippen molar-refractivity contribution < 1.29 is 19.4 Å². The van der Waals surface area contributed by atoms with Crippen molar-refractivity contribution in [3.05, 3.63) is 22.7 Å². The lowest BCUT2D eigenvalue weighted by atomic mass is 10.1. The van der Waals surface area contributed by atoms with Gasteiger partial charge in [-0.15, -0.1) is 0 Å². The van der Waals surface area contributed by atoms with Gasteiger partial charge in [0.15, 0.2) is 11.5 Å². The number of methoxy groups -OCH3 is 1. The second kappa shape index (κ2) is 5.48. The molecule has 0 amide bonds. The molecule has 1 aliphatic carbocycles. The number of carboxylic acids is 1. The van der Waals surface area contributed by atoms with Crippen LogP contribution in [0.1, 0.15) is 18.4 Å². The zero-order valence-corrected chi connectivity index (χ0v) is 10.9. The van der Waals surface area contributed by atoms with E-state index < -0.39 is 5.97 Å². The van der Waals surface area contributed by atoms with Crippen LogP contribution in [0.5, 0.6) is 11.5 Å². The van der Waals surface area contributed by atoms with Gasteiger partial charge < -0.3 is 14.6 Å². The number of benzene rings is 1. The third-order valence-corrected chi connectivity index (χ3v) is 3.23. The Balaban J connectivity index is 2.28. The van der Waals surface area contributed by atoms with Crippen LogP contribution in [-0.2, 0) is 11.2 Å². The molecule has 98 valence electrons.